The molecule has 0 fully saturated rings. The molecule has 4 nitrogen and oxygen atoms in total. The Morgan fingerprint density at radius 3 is 2.26 bits per heavy atom. The van der Waals surface area contributed by atoms with Crippen LogP contribution in [0.5, 0.6) is 0 Å². The largest absolute Gasteiger partial charge is 0.348 e. The summed E-state index contributed by atoms with van der Waals surface area (Å²) in [7, 11) is 0. The third kappa shape index (κ3) is 5.19. The van der Waals surface area contributed by atoms with Gasteiger partial charge in [-0.05, 0) is 29.3 Å². The molecule has 0 saturated heterocycles. The number of hydrogen-bond donors (Lipinski definition) is 2. The van der Waals surface area contributed by atoms with Crippen molar-refractivity contribution in [2.24, 2.45) is 0 Å². The Hall–Kier alpha value is -3.11. The molecule has 0 aliphatic carbocycles. The van der Waals surface area contributed by atoms with Crippen molar-refractivity contribution < 1.29 is 9.59 Å². The number of carbonyl (C=O) groups is 2. The number of hydrogen-bond acceptors (Lipinski definition) is 2. The van der Waals surface area contributed by atoms with Crippen molar-refractivity contribution in [1.82, 2.24) is 5.32 Å². The Kier molecular flexibility index (Phi) is 6.23. The number of nitrogens with one attached hydrogen (secondary N) is 2. The Morgan fingerprint density at radius 2 is 1.48 bits per heavy atom. The molecule has 2 amide bonds. The zero-order chi connectivity index (χ0) is 19.1. The number of halogens is 1. The molecule has 0 aliphatic rings. The van der Waals surface area contributed by atoms with E-state index in [1.165, 1.54) is 0 Å². The van der Waals surface area contributed by atoms with E-state index in [9.17, 15) is 9.59 Å². The zero-order valence-corrected chi connectivity index (χ0v) is 15.4. The Bertz CT molecular complexity index is 942. The minimum Gasteiger partial charge on any atom is -0.348 e. The number of para-hydroxylation sites is 1. The molecule has 2 N–H and O–H groups in total. The maximum atomic E-state index is 12.5. The highest BCUT2D eigenvalue weighted by Gasteiger charge is 2.14. The van der Waals surface area contributed by atoms with Gasteiger partial charge in [-0.15, -0.1) is 0 Å². The van der Waals surface area contributed by atoms with Crippen LogP contribution in [0.25, 0.3) is 0 Å². The summed E-state index contributed by atoms with van der Waals surface area (Å²) in [4.78, 5) is 24.9. The third-order valence-electron chi connectivity index (χ3n) is 4.05. The monoisotopic (exact) mass is 378 g/mol. The van der Waals surface area contributed by atoms with Gasteiger partial charge >= 0.3 is 0 Å². The Balaban J connectivity index is 1.67. The summed E-state index contributed by atoms with van der Waals surface area (Å²) in [5.74, 6) is -0.473. The molecule has 5 heteroatoms. The molecule has 0 atom stereocenters. The minimum atomic E-state index is -0.243. The molecule has 0 aromatic heterocycles. The van der Waals surface area contributed by atoms with Crippen molar-refractivity contribution in [3.05, 3.63) is 101 Å². The average molecular weight is 379 g/mol. The van der Waals surface area contributed by atoms with Crippen molar-refractivity contribution >= 4 is 29.1 Å². The number of carbonyl (C=O) groups excluding carboxylic acids is 2. The highest BCUT2D eigenvalue weighted by molar-refractivity contribution is 6.31. The molecular weight excluding hydrogens is 360 g/mol. The molecule has 136 valence electrons. The lowest BCUT2D eigenvalue weighted by Gasteiger charge is -2.12. The predicted molar refractivity (Wildman–Crippen MR) is 108 cm³/mol. The first-order chi connectivity index (χ1) is 13.1. The topological polar surface area (TPSA) is 58.2 Å². The van der Waals surface area contributed by atoms with E-state index >= 15 is 0 Å². The summed E-state index contributed by atoms with van der Waals surface area (Å²) in [5.41, 5.74) is 2.63. The number of amides is 2. The van der Waals surface area contributed by atoms with Gasteiger partial charge in [0.2, 0.25) is 5.91 Å². The van der Waals surface area contributed by atoms with Gasteiger partial charge in [0, 0.05) is 11.6 Å². The highest BCUT2D eigenvalue weighted by atomic mass is 35.5. The third-order valence-corrected chi connectivity index (χ3v) is 4.42. The van der Waals surface area contributed by atoms with Gasteiger partial charge in [-0.1, -0.05) is 72.3 Å². The van der Waals surface area contributed by atoms with E-state index < -0.39 is 0 Å². The lowest BCUT2D eigenvalue weighted by Crippen LogP contribution is -2.25. The van der Waals surface area contributed by atoms with Gasteiger partial charge in [0.1, 0.15) is 0 Å². The summed E-state index contributed by atoms with van der Waals surface area (Å²) in [6.45, 7) is 0.418. The van der Waals surface area contributed by atoms with Crippen LogP contribution in [0.1, 0.15) is 21.5 Å². The minimum absolute atomic E-state index is 0.139. The summed E-state index contributed by atoms with van der Waals surface area (Å²) in [5, 5.41) is 6.23. The van der Waals surface area contributed by atoms with E-state index in [1.54, 1.807) is 36.4 Å². The lowest BCUT2D eigenvalue weighted by atomic mass is 10.1. The van der Waals surface area contributed by atoms with Crippen molar-refractivity contribution in [2.75, 3.05) is 5.32 Å². The fourth-order valence-electron chi connectivity index (χ4n) is 2.67. The lowest BCUT2D eigenvalue weighted by molar-refractivity contribution is -0.115. The standard InChI is InChI=1S/C22H19ClN2O2/c23-19-12-6-4-10-17(19)14-21(26)25-20-13-7-5-11-18(20)22(27)24-15-16-8-2-1-3-9-16/h1-13H,14-15H2,(H,24,27)(H,25,26). The van der Waals surface area contributed by atoms with Gasteiger partial charge in [0.25, 0.3) is 5.91 Å². The van der Waals surface area contributed by atoms with Crippen LogP contribution in [0, 0.1) is 0 Å². The maximum absolute atomic E-state index is 12.5. The van der Waals surface area contributed by atoms with E-state index in [0.29, 0.717) is 22.8 Å². The summed E-state index contributed by atoms with van der Waals surface area (Å²) in [6, 6.07) is 23.8. The summed E-state index contributed by atoms with van der Waals surface area (Å²) < 4.78 is 0. The molecular formula is C22H19ClN2O2. The van der Waals surface area contributed by atoms with Crippen LogP contribution in [0.3, 0.4) is 0 Å². The maximum Gasteiger partial charge on any atom is 0.253 e. The average Bonchev–Trinajstić information content (AvgIpc) is 2.69. The molecule has 0 aliphatic heterocycles. The predicted octanol–water partition coefficient (Wildman–Crippen LogP) is 4.45. The number of rotatable bonds is 6. The van der Waals surface area contributed by atoms with E-state index in [0.717, 1.165) is 11.1 Å². The van der Waals surface area contributed by atoms with Gasteiger partial charge in [-0.2, -0.15) is 0 Å². The molecule has 0 saturated carbocycles. The van der Waals surface area contributed by atoms with Gasteiger partial charge in [0.05, 0.1) is 17.7 Å². The van der Waals surface area contributed by atoms with E-state index in [-0.39, 0.29) is 18.2 Å². The first-order valence-corrected chi connectivity index (χ1v) is 8.95. The molecule has 0 heterocycles. The second kappa shape index (κ2) is 9.01. The molecule has 27 heavy (non-hydrogen) atoms. The Labute approximate surface area is 163 Å². The summed E-state index contributed by atoms with van der Waals surface area (Å²) >= 11 is 6.11. The SMILES string of the molecule is O=C(Cc1ccccc1Cl)Nc1ccccc1C(=O)NCc1ccccc1. The quantitative estimate of drug-likeness (QED) is 0.665. The van der Waals surface area contributed by atoms with Gasteiger partial charge < -0.3 is 10.6 Å². The molecule has 3 aromatic rings. The van der Waals surface area contributed by atoms with Crippen molar-refractivity contribution in [1.29, 1.82) is 0 Å². The zero-order valence-electron chi connectivity index (χ0n) is 14.6. The Morgan fingerprint density at radius 1 is 0.815 bits per heavy atom. The second-order valence-electron chi connectivity index (χ2n) is 6.03. The van der Waals surface area contributed by atoms with Crippen molar-refractivity contribution in [3.63, 3.8) is 0 Å². The van der Waals surface area contributed by atoms with Gasteiger partial charge in [0.15, 0.2) is 0 Å². The van der Waals surface area contributed by atoms with Gasteiger partial charge in [-0.3, -0.25) is 9.59 Å². The van der Waals surface area contributed by atoms with Crippen molar-refractivity contribution in [3.8, 4) is 0 Å². The second-order valence-corrected chi connectivity index (χ2v) is 6.44. The van der Waals surface area contributed by atoms with Crippen LogP contribution in [0.2, 0.25) is 5.02 Å². The van der Waals surface area contributed by atoms with Gasteiger partial charge in [-0.25, -0.2) is 0 Å². The number of benzene rings is 3. The fraction of sp³-hybridized carbons (Fsp3) is 0.0909. The molecule has 3 aromatic carbocycles. The first-order valence-electron chi connectivity index (χ1n) is 8.58. The summed E-state index contributed by atoms with van der Waals surface area (Å²) in [6.07, 6.45) is 0.139. The molecule has 0 spiro atoms. The fourth-order valence-corrected chi connectivity index (χ4v) is 2.88. The molecule has 3 rings (SSSR count). The van der Waals surface area contributed by atoms with Crippen LogP contribution in [0.4, 0.5) is 5.69 Å². The van der Waals surface area contributed by atoms with Crippen LogP contribution < -0.4 is 10.6 Å². The van der Waals surface area contributed by atoms with Crippen molar-refractivity contribution in [2.45, 2.75) is 13.0 Å². The molecule has 0 bridgehead atoms. The smallest absolute Gasteiger partial charge is 0.253 e. The van der Waals surface area contributed by atoms with Crippen LogP contribution in [-0.4, -0.2) is 11.8 Å². The molecule has 0 radical (unpaired) electrons. The highest BCUT2D eigenvalue weighted by Crippen LogP contribution is 2.18. The van der Waals surface area contributed by atoms with Crippen LogP contribution >= 0.6 is 11.6 Å². The molecule has 0 unspecified atom stereocenters. The number of anilines is 1. The van der Waals surface area contributed by atoms with Crippen LogP contribution in [0.15, 0.2) is 78.9 Å². The van der Waals surface area contributed by atoms with E-state index in [2.05, 4.69) is 10.6 Å². The first kappa shape index (κ1) is 18.7. The normalized spacial score (nSPS) is 10.3. The van der Waals surface area contributed by atoms with Crippen LogP contribution in [-0.2, 0) is 17.8 Å². The van der Waals surface area contributed by atoms with E-state index in [4.69, 9.17) is 11.6 Å². The van der Waals surface area contributed by atoms with E-state index in [1.807, 2.05) is 42.5 Å².